The van der Waals surface area contributed by atoms with E-state index in [0.717, 1.165) is 12.1 Å². The van der Waals surface area contributed by atoms with Crippen LogP contribution >= 0.6 is 11.6 Å². The minimum absolute atomic E-state index is 0.128. The summed E-state index contributed by atoms with van der Waals surface area (Å²) in [5.74, 6) is -0.173. The highest BCUT2D eigenvalue weighted by atomic mass is 35.5. The number of hydrogen-bond acceptors (Lipinski definition) is 6. The van der Waals surface area contributed by atoms with Crippen LogP contribution in [0.4, 0.5) is 17.1 Å². The molecule has 1 N–H and O–H groups in total. The number of nitrogens with one attached hydrogen (secondary N) is 1. The van der Waals surface area contributed by atoms with E-state index in [-0.39, 0.29) is 23.7 Å². The minimum Gasteiger partial charge on any atom is -0.277 e. The molecule has 0 aliphatic heterocycles. The maximum atomic E-state index is 11.6. The Kier molecular flexibility index (Phi) is 5.22. The molecular formula is C9H10ClN3O6S. The highest BCUT2D eigenvalue weighted by Gasteiger charge is 2.22. The summed E-state index contributed by atoms with van der Waals surface area (Å²) in [6.07, 6.45) is 0.178. The molecule has 0 atom stereocenters. The number of nitrogens with zero attached hydrogens (tertiary/aromatic N) is 2. The first-order chi connectivity index (χ1) is 9.26. The maximum absolute atomic E-state index is 11.6. The van der Waals surface area contributed by atoms with Crippen molar-refractivity contribution in [3.05, 3.63) is 38.4 Å². The third-order valence-corrected chi connectivity index (χ3v) is 3.83. The molecule has 0 unspecified atom stereocenters. The summed E-state index contributed by atoms with van der Waals surface area (Å²) < 4.78 is 25.3. The van der Waals surface area contributed by atoms with Crippen molar-refractivity contribution in [1.82, 2.24) is 0 Å². The molecule has 0 aliphatic carbocycles. The summed E-state index contributed by atoms with van der Waals surface area (Å²) in [6, 6.07) is 2.65. The molecular weight excluding hydrogens is 314 g/mol. The van der Waals surface area contributed by atoms with Gasteiger partial charge >= 0.3 is 0 Å². The number of alkyl halides is 1. The lowest BCUT2D eigenvalue weighted by Crippen LogP contribution is -2.17. The number of hydrogen-bond donors (Lipinski definition) is 1. The Balaban J connectivity index is 3.12. The number of nitro benzene ring substituents is 2. The number of anilines is 1. The van der Waals surface area contributed by atoms with E-state index >= 15 is 0 Å². The van der Waals surface area contributed by atoms with Crippen LogP contribution in [0.15, 0.2) is 18.2 Å². The summed E-state index contributed by atoms with van der Waals surface area (Å²) in [7, 11) is -3.79. The molecule has 0 fully saturated rings. The molecule has 1 rings (SSSR count). The molecule has 20 heavy (non-hydrogen) atoms. The van der Waals surface area contributed by atoms with Gasteiger partial charge in [0.15, 0.2) is 0 Å². The molecule has 0 spiro atoms. The summed E-state index contributed by atoms with van der Waals surface area (Å²) in [5.41, 5.74) is -1.51. The van der Waals surface area contributed by atoms with Gasteiger partial charge in [-0.3, -0.25) is 25.0 Å². The van der Waals surface area contributed by atoms with Crippen molar-refractivity contribution in [2.24, 2.45) is 0 Å². The lowest BCUT2D eigenvalue weighted by molar-refractivity contribution is -0.393. The zero-order chi connectivity index (χ0) is 15.3. The molecule has 0 saturated heterocycles. The van der Waals surface area contributed by atoms with Crippen LogP contribution in [-0.4, -0.2) is 29.9 Å². The molecule has 1 aromatic rings. The van der Waals surface area contributed by atoms with E-state index in [1.54, 1.807) is 0 Å². The van der Waals surface area contributed by atoms with Gasteiger partial charge < -0.3 is 0 Å². The van der Waals surface area contributed by atoms with Crippen LogP contribution < -0.4 is 4.72 Å². The molecule has 0 amide bonds. The third-order valence-electron chi connectivity index (χ3n) is 2.20. The van der Waals surface area contributed by atoms with E-state index in [9.17, 15) is 28.6 Å². The van der Waals surface area contributed by atoms with Gasteiger partial charge in [0.25, 0.3) is 11.4 Å². The second-order valence-electron chi connectivity index (χ2n) is 3.68. The molecule has 110 valence electrons. The van der Waals surface area contributed by atoms with Gasteiger partial charge in [0, 0.05) is 11.9 Å². The van der Waals surface area contributed by atoms with Crippen molar-refractivity contribution in [2.75, 3.05) is 16.4 Å². The second kappa shape index (κ2) is 6.48. The largest absolute Gasteiger partial charge is 0.300 e. The average molecular weight is 324 g/mol. The zero-order valence-corrected chi connectivity index (χ0v) is 11.6. The van der Waals surface area contributed by atoms with Crippen LogP contribution in [-0.2, 0) is 10.0 Å². The molecule has 0 aromatic heterocycles. The Morgan fingerprint density at radius 2 is 1.85 bits per heavy atom. The van der Waals surface area contributed by atoms with Crippen molar-refractivity contribution in [2.45, 2.75) is 6.42 Å². The van der Waals surface area contributed by atoms with Gasteiger partial charge in [-0.1, -0.05) is 0 Å². The number of nitro groups is 2. The zero-order valence-electron chi connectivity index (χ0n) is 9.98. The van der Waals surface area contributed by atoms with Crippen LogP contribution in [0.1, 0.15) is 6.42 Å². The molecule has 0 aliphatic rings. The molecule has 9 nitrogen and oxygen atoms in total. The van der Waals surface area contributed by atoms with E-state index in [0.29, 0.717) is 6.07 Å². The van der Waals surface area contributed by atoms with Gasteiger partial charge in [0.1, 0.15) is 5.69 Å². The van der Waals surface area contributed by atoms with Crippen LogP contribution in [0.2, 0.25) is 0 Å². The van der Waals surface area contributed by atoms with Crippen LogP contribution in [0.25, 0.3) is 0 Å². The van der Waals surface area contributed by atoms with Gasteiger partial charge in [0.2, 0.25) is 10.0 Å². The first-order valence-corrected chi connectivity index (χ1v) is 7.45. The summed E-state index contributed by atoms with van der Waals surface area (Å²) in [6.45, 7) is 0. The van der Waals surface area contributed by atoms with Crippen LogP contribution in [0.3, 0.4) is 0 Å². The first-order valence-electron chi connectivity index (χ1n) is 5.26. The van der Waals surface area contributed by atoms with Crippen molar-refractivity contribution in [3.63, 3.8) is 0 Å². The van der Waals surface area contributed by atoms with Gasteiger partial charge in [-0.05, 0) is 12.5 Å². The van der Waals surface area contributed by atoms with E-state index < -0.39 is 31.2 Å². The van der Waals surface area contributed by atoms with E-state index in [1.807, 2.05) is 4.72 Å². The monoisotopic (exact) mass is 323 g/mol. The molecule has 11 heteroatoms. The van der Waals surface area contributed by atoms with Gasteiger partial charge in [0.05, 0.1) is 21.7 Å². The topological polar surface area (TPSA) is 132 Å². The molecule has 0 saturated carbocycles. The molecule has 0 heterocycles. The number of halogens is 1. The lowest BCUT2D eigenvalue weighted by atomic mass is 10.2. The van der Waals surface area contributed by atoms with E-state index in [2.05, 4.69) is 0 Å². The number of rotatable bonds is 7. The Hall–Kier alpha value is -1.94. The predicted octanol–water partition coefficient (Wildman–Crippen LogP) is 1.87. The number of sulfonamides is 1. The third kappa shape index (κ3) is 4.31. The molecule has 0 bridgehead atoms. The van der Waals surface area contributed by atoms with E-state index in [1.165, 1.54) is 0 Å². The van der Waals surface area contributed by atoms with Crippen molar-refractivity contribution < 1.29 is 18.3 Å². The number of non-ortho nitro benzene ring substituents is 1. The Labute approximate surface area is 118 Å². The first kappa shape index (κ1) is 16.1. The highest BCUT2D eigenvalue weighted by molar-refractivity contribution is 7.92. The van der Waals surface area contributed by atoms with Gasteiger partial charge in [-0.25, -0.2) is 8.42 Å². The number of benzene rings is 1. The lowest BCUT2D eigenvalue weighted by Gasteiger charge is -2.07. The van der Waals surface area contributed by atoms with Crippen molar-refractivity contribution in [3.8, 4) is 0 Å². The van der Waals surface area contributed by atoms with Gasteiger partial charge in [-0.15, -0.1) is 11.6 Å². The molecule has 1 aromatic carbocycles. The maximum Gasteiger partial charge on any atom is 0.300 e. The standard InChI is InChI=1S/C9H10ClN3O6S/c10-4-1-5-20(18,19)11-8-3-2-7(12(14)15)6-9(8)13(16)17/h2-3,6,11H,1,4-5H2. The second-order valence-corrected chi connectivity index (χ2v) is 5.90. The normalized spacial score (nSPS) is 11.1. The fraction of sp³-hybridized carbons (Fsp3) is 0.333. The quantitative estimate of drug-likeness (QED) is 0.462. The van der Waals surface area contributed by atoms with Crippen LogP contribution in [0, 0.1) is 20.2 Å². The van der Waals surface area contributed by atoms with Crippen molar-refractivity contribution in [1.29, 1.82) is 0 Å². The Morgan fingerprint density at radius 1 is 1.20 bits per heavy atom. The predicted molar refractivity (Wildman–Crippen MR) is 72.5 cm³/mol. The van der Waals surface area contributed by atoms with Crippen LogP contribution in [0.5, 0.6) is 0 Å². The fourth-order valence-electron chi connectivity index (χ4n) is 1.33. The average Bonchev–Trinajstić information content (AvgIpc) is 2.36. The SMILES string of the molecule is O=[N+]([O-])c1ccc(NS(=O)(=O)CCCCl)c([N+](=O)[O-])c1. The minimum atomic E-state index is -3.79. The Morgan fingerprint density at radius 3 is 2.35 bits per heavy atom. The highest BCUT2D eigenvalue weighted by Crippen LogP contribution is 2.29. The fourth-order valence-corrected chi connectivity index (χ4v) is 2.76. The van der Waals surface area contributed by atoms with Crippen molar-refractivity contribution >= 4 is 38.7 Å². The van der Waals surface area contributed by atoms with E-state index in [4.69, 9.17) is 11.6 Å². The summed E-state index contributed by atoms with van der Waals surface area (Å²) >= 11 is 5.37. The Bertz CT molecular complexity index is 633. The molecule has 0 radical (unpaired) electrons. The van der Waals surface area contributed by atoms with Gasteiger partial charge in [-0.2, -0.15) is 0 Å². The summed E-state index contributed by atoms with van der Waals surface area (Å²) in [5, 5.41) is 21.4. The summed E-state index contributed by atoms with van der Waals surface area (Å²) in [4.78, 5) is 19.7. The smallest absolute Gasteiger partial charge is 0.277 e.